The van der Waals surface area contributed by atoms with E-state index in [-0.39, 0.29) is 29.6 Å². The van der Waals surface area contributed by atoms with Crippen molar-refractivity contribution in [3.05, 3.63) is 92.3 Å². The minimum absolute atomic E-state index is 0.0125. The van der Waals surface area contributed by atoms with E-state index in [4.69, 9.17) is 25.3 Å². The normalized spacial score (nSPS) is 14.5. The minimum atomic E-state index is -4.58. The van der Waals surface area contributed by atoms with Crippen LogP contribution in [0.4, 0.5) is 10.5 Å². The molecule has 11 nitrogen and oxygen atoms in total. The van der Waals surface area contributed by atoms with Crippen LogP contribution in [0.15, 0.2) is 76.5 Å². The Bertz CT molecular complexity index is 1570. The fourth-order valence-electron chi connectivity index (χ4n) is 3.46. The van der Waals surface area contributed by atoms with Gasteiger partial charge in [-0.15, -0.1) is 0 Å². The number of nitrogens with zero attached hydrogens (tertiary/aromatic N) is 2. The second-order valence-corrected chi connectivity index (χ2v) is 10.8. The maximum Gasteiger partial charge on any atom is 0.346 e. The molecule has 0 aromatic heterocycles. The molecule has 1 fully saturated rings. The van der Waals surface area contributed by atoms with Gasteiger partial charge < -0.3 is 13.7 Å². The van der Waals surface area contributed by atoms with Gasteiger partial charge in [0.1, 0.15) is 12.4 Å². The van der Waals surface area contributed by atoms with Crippen molar-refractivity contribution < 1.29 is 36.6 Å². The molecule has 1 aliphatic heterocycles. The van der Waals surface area contributed by atoms with Crippen LogP contribution >= 0.6 is 23.4 Å². The number of ether oxygens (including phenoxy) is 2. The van der Waals surface area contributed by atoms with Crippen LogP contribution in [0, 0.1) is 10.1 Å². The van der Waals surface area contributed by atoms with E-state index in [1.807, 2.05) is 0 Å². The maximum atomic E-state index is 12.8. The third kappa shape index (κ3) is 6.50. The number of imide groups is 1. The van der Waals surface area contributed by atoms with Gasteiger partial charge in [-0.2, -0.15) is 8.42 Å². The Morgan fingerprint density at radius 1 is 1.05 bits per heavy atom. The molecule has 0 bridgehead atoms. The van der Waals surface area contributed by atoms with Crippen LogP contribution in [0.25, 0.3) is 6.08 Å². The van der Waals surface area contributed by atoms with E-state index >= 15 is 0 Å². The van der Waals surface area contributed by atoms with Crippen molar-refractivity contribution in [2.75, 3.05) is 20.3 Å². The third-order valence-corrected chi connectivity index (χ3v) is 7.73. The molecule has 1 aliphatic rings. The van der Waals surface area contributed by atoms with Crippen LogP contribution in [-0.2, 0) is 14.9 Å². The van der Waals surface area contributed by atoms with Gasteiger partial charge in [-0.05, 0) is 65.9 Å². The lowest BCUT2D eigenvalue weighted by atomic mass is 10.2. The zero-order chi connectivity index (χ0) is 28.2. The number of methoxy groups -OCH3 is 1. The number of rotatable bonds is 10. The molecular weight excluding hydrogens is 572 g/mol. The summed E-state index contributed by atoms with van der Waals surface area (Å²) in [4.78, 5) is 36.2. The van der Waals surface area contributed by atoms with Gasteiger partial charge in [0.15, 0.2) is 16.4 Å². The molecule has 39 heavy (non-hydrogen) atoms. The van der Waals surface area contributed by atoms with Gasteiger partial charge in [-0.1, -0.05) is 29.8 Å². The average Bonchev–Trinajstić information content (AvgIpc) is 3.17. The summed E-state index contributed by atoms with van der Waals surface area (Å²) < 4.78 is 41.5. The molecule has 0 unspecified atom stereocenters. The first-order valence-corrected chi connectivity index (χ1v) is 13.7. The number of carbonyl (C=O) groups excluding carboxylic acids is 2. The first-order chi connectivity index (χ1) is 18.6. The fourth-order valence-corrected chi connectivity index (χ4v) is 5.55. The summed E-state index contributed by atoms with van der Waals surface area (Å²) in [5, 5.41) is 11.3. The van der Waals surface area contributed by atoms with E-state index in [0.717, 1.165) is 28.8 Å². The summed E-state index contributed by atoms with van der Waals surface area (Å²) in [7, 11) is -3.30. The van der Waals surface area contributed by atoms with E-state index in [1.165, 1.54) is 43.5 Å². The van der Waals surface area contributed by atoms with Crippen molar-refractivity contribution in [3.63, 3.8) is 0 Å². The molecule has 3 aromatic carbocycles. The van der Waals surface area contributed by atoms with E-state index in [0.29, 0.717) is 16.3 Å². The quantitative estimate of drug-likeness (QED) is 0.135. The van der Waals surface area contributed by atoms with E-state index in [2.05, 4.69) is 0 Å². The van der Waals surface area contributed by atoms with Crippen molar-refractivity contribution in [3.8, 4) is 17.2 Å². The molecule has 1 saturated heterocycles. The zero-order valence-electron chi connectivity index (χ0n) is 20.1. The predicted octanol–water partition coefficient (Wildman–Crippen LogP) is 5.14. The Morgan fingerprint density at radius 2 is 1.77 bits per heavy atom. The second-order valence-electron chi connectivity index (χ2n) is 7.81. The Labute approximate surface area is 232 Å². The Kier molecular flexibility index (Phi) is 8.43. The van der Waals surface area contributed by atoms with Crippen molar-refractivity contribution in [1.29, 1.82) is 0 Å². The molecule has 0 spiro atoms. The highest BCUT2D eigenvalue weighted by Crippen LogP contribution is 2.36. The number of amides is 2. The largest absolute Gasteiger partial charge is 0.493 e. The van der Waals surface area contributed by atoms with Gasteiger partial charge in [-0.25, -0.2) is 0 Å². The van der Waals surface area contributed by atoms with E-state index in [9.17, 15) is 28.1 Å². The molecule has 4 rings (SSSR count). The zero-order valence-corrected chi connectivity index (χ0v) is 22.5. The number of carbonyl (C=O) groups is 2. The summed E-state index contributed by atoms with van der Waals surface area (Å²) in [5.41, 5.74) is -0.215. The van der Waals surface area contributed by atoms with Crippen molar-refractivity contribution in [1.82, 2.24) is 4.90 Å². The van der Waals surface area contributed by atoms with Gasteiger partial charge in [-0.3, -0.25) is 24.6 Å². The highest BCUT2D eigenvalue weighted by Gasteiger charge is 2.35. The van der Waals surface area contributed by atoms with Crippen LogP contribution in [-0.4, -0.2) is 49.6 Å². The minimum Gasteiger partial charge on any atom is -0.493 e. The molecule has 0 radical (unpaired) electrons. The van der Waals surface area contributed by atoms with E-state index < -0.39 is 36.8 Å². The molecule has 202 valence electrons. The molecule has 1 heterocycles. The molecule has 0 N–H and O–H groups in total. The molecule has 0 saturated carbocycles. The summed E-state index contributed by atoms with van der Waals surface area (Å²) in [5.74, 6) is -0.204. The fraction of sp³-hybridized carbons (Fsp3) is 0.120. The number of hydrogen-bond acceptors (Lipinski definition) is 10. The molecule has 3 aromatic rings. The lowest BCUT2D eigenvalue weighted by Gasteiger charge is -2.13. The number of thioether (sulfide) groups is 1. The van der Waals surface area contributed by atoms with E-state index in [1.54, 1.807) is 24.3 Å². The number of hydrogen-bond donors (Lipinski definition) is 0. The summed E-state index contributed by atoms with van der Waals surface area (Å²) in [6, 6.07) is 15.6. The summed E-state index contributed by atoms with van der Waals surface area (Å²) in [6.07, 6.45) is 1.45. The number of nitro groups is 1. The standard InChI is InChI=1S/C25H19ClN2O9S2/c1-35-21-14-16(6-11-20(21)37-39(33,34)23-5-3-2-4-19(23)28(31)32)15-22-24(29)27(25(30)38-22)12-13-36-18-9-7-17(26)8-10-18/h2-11,14-15H,12-13H2,1H3/b22-15-. The van der Waals surface area contributed by atoms with Crippen molar-refractivity contribution >= 4 is 56.4 Å². The molecule has 0 atom stereocenters. The van der Waals surface area contributed by atoms with Gasteiger partial charge in [0, 0.05) is 11.1 Å². The van der Waals surface area contributed by atoms with Crippen LogP contribution in [0.1, 0.15) is 5.56 Å². The first-order valence-electron chi connectivity index (χ1n) is 11.1. The second kappa shape index (κ2) is 11.8. The summed E-state index contributed by atoms with van der Waals surface area (Å²) in [6.45, 7) is 0.116. The summed E-state index contributed by atoms with van der Waals surface area (Å²) >= 11 is 6.59. The topological polar surface area (TPSA) is 142 Å². The number of benzene rings is 3. The predicted molar refractivity (Wildman–Crippen MR) is 144 cm³/mol. The molecule has 2 amide bonds. The molecule has 0 aliphatic carbocycles. The third-order valence-electron chi connectivity index (χ3n) is 5.29. The lowest BCUT2D eigenvalue weighted by Crippen LogP contribution is -2.32. The van der Waals surface area contributed by atoms with Crippen LogP contribution < -0.4 is 13.7 Å². The van der Waals surface area contributed by atoms with Crippen LogP contribution in [0.3, 0.4) is 0 Å². The number of halogens is 1. The highest BCUT2D eigenvalue weighted by molar-refractivity contribution is 8.18. The average molecular weight is 591 g/mol. The van der Waals surface area contributed by atoms with Gasteiger partial charge in [0.2, 0.25) is 0 Å². The molecular formula is C25H19ClN2O9S2. The SMILES string of the molecule is COc1cc(/C=C2\SC(=O)N(CCOc3ccc(Cl)cc3)C2=O)ccc1OS(=O)(=O)c1ccccc1[N+](=O)[O-]. The number of nitro benzene ring substituents is 1. The van der Waals surface area contributed by atoms with Gasteiger partial charge in [0.25, 0.3) is 16.8 Å². The maximum absolute atomic E-state index is 12.8. The van der Waals surface area contributed by atoms with Crippen LogP contribution in [0.5, 0.6) is 17.2 Å². The molecule has 14 heteroatoms. The Balaban J connectivity index is 1.48. The van der Waals surface area contributed by atoms with Crippen molar-refractivity contribution in [2.24, 2.45) is 0 Å². The lowest BCUT2D eigenvalue weighted by molar-refractivity contribution is -0.387. The van der Waals surface area contributed by atoms with Gasteiger partial charge in [0.05, 0.1) is 23.5 Å². The number of para-hydroxylation sites is 1. The Hall–Kier alpha value is -4.07. The smallest absolute Gasteiger partial charge is 0.346 e. The Morgan fingerprint density at radius 3 is 2.46 bits per heavy atom. The first kappa shape index (κ1) is 28.0. The van der Waals surface area contributed by atoms with Crippen molar-refractivity contribution in [2.45, 2.75) is 4.90 Å². The monoisotopic (exact) mass is 590 g/mol. The van der Waals surface area contributed by atoms with Crippen LogP contribution in [0.2, 0.25) is 5.02 Å². The van der Waals surface area contributed by atoms with Gasteiger partial charge >= 0.3 is 10.1 Å². The highest BCUT2D eigenvalue weighted by atomic mass is 35.5.